The molecule has 4 N–H and O–H groups in total. The van der Waals surface area contributed by atoms with E-state index in [9.17, 15) is 10.4 Å². The topological polar surface area (TPSA) is 121 Å². The van der Waals surface area contributed by atoms with Gasteiger partial charge in [-0.25, -0.2) is 4.98 Å². The Hall–Kier alpha value is -3.37. The van der Waals surface area contributed by atoms with Gasteiger partial charge in [0.15, 0.2) is 0 Å². The van der Waals surface area contributed by atoms with Gasteiger partial charge >= 0.3 is 0 Å². The lowest BCUT2D eigenvalue weighted by Crippen LogP contribution is -2.02. The van der Waals surface area contributed by atoms with Crippen LogP contribution < -0.4 is 5.73 Å². The maximum absolute atomic E-state index is 9.62. The first-order valence-corrected chi connectivity index (χ1v) is 8.10. The quantitative estimate of drug-likeness (QED) is 0.665. The molecule has 1 aromatic carbocycles. The standard InChI is InChI=1S/C19H19N5O2/c1-11-7-13(26)3-4-14(11)18-8-15(16(9-20)19(21)22-18)17-10-24(5-6-25)23-12(17)2/h3-4,7-8,10,25-26H,5-6H2,1-2H3,(H2,21,22). The van der Waals surface area contributed by atoms with Crippen LogP contribution in [0.3, 0.4) is 0 Å². The van der Waals surface area contributed by atoms with E-state index >= 15 is 0 Å². The molecular weight excluding hydrogens is 330 g/mol. The summed E-state index contributed by atoms with van der Waals surface area (Å²) in [5.74, 6) is 0.316. The van der Waals surface area contributed by atoms with Crippen LogP contribution in [-0.2, 0) is 6.54 Å². The number of aliphatic hydroxyl groups excluding tert-OH is 1. The van der Waals surface area contributed by atoms with Crippen molar-refractivity contribution in [2.45, 2.75) is 20.4 Å². The third-order valence-corrected chi connectivity index (χ3v) is 4.21. The van der Waals surface area contributed by atoms with Gasteiger partial charge in [0, 0.05) is 22.9 Å². The van der Waals surface area contributed by atoms with Crippen LogP contribution >= 0.6 is 0 Å². The monoisotopic (exact) mass is 349 g/mol. The molecule has 0 saturated carbocycles. The van der Waals surface area contributed by atoms with Gasteiger partial charge in [0.05, 0.1) is 24.5 Å². The highest BCUT2D eigenvalue weighted by molar-refractivity contribution is 5.81. The average molecular weight is 349 g/mol. The van der Waals surface area contributed by atoms with E-state index in [0.717, 1.165) is 22.4 Å². The number of pyridine rings is 1. The number of phenols is 1. The smallest absolute Gasteiger partial charge is 0.142 e. The lowest BCUT2D eigenvalue weighted by atomic mass is 9.97. The molecular formula is C19H19N5O2. The highest BCUT2D eigenvalue weighted by Crippen LogP contribution is 2.34. The minimum atomic E-state index is -0.0257. The predicted octanol–water partition coefficient (Wildman–Crippen LogP) is 2.38. The molecule has 26 heavy (non-hydrogen) atoms. The number of benzene rings is 1. The summed E-state index contributed by atoms with van der Waals surface area (Å²) in [6.07, 6.45) is 1.79. The van der Waals surface area contributed by atoms with Gasteiger partial charge in [-0.05, 0) is 43.7 Å². The fraction of sp³-hybridized carbons (Fsp3) is 0.211. The zero-order chi connectivity index (χ0) is 18.8. The van der Waals surface area contributed by atoms with Crippen LogP contribution in [0.2, 0.25) is 0 Å². The number of hydrogen-bond acceptors (Lipinski definition) is 6. The van der Waals surface area contributed by atoms with E-state index in [1.165, 1.54) is 0 Å². The van der Waals surface area contributed by atoms with E-state index in [2.05, 4.69) is 16.2 Å². The average Bonchev–Trinajstić information content (AvgIpc) is 2.95. The van der Waals surface area contributed by atoms with E-state index in [-0.39, 0.29) is 23.7 Å². The molecule has 2 heterocycles. The van der Waals surface area contributed by atoms with E-state index in [1.54, 1.807) is 29.1 Å². The molecule has 7 nitrogen and oxygen atoms in total. The Morgan fingerprint density at radius 2 is 1.96 bits per heavy atom. The molecule has 0 atom stereocenters. The number of phenolic OH excluding ortho intramolecular Hbond substituents is 1. The van der Waals surface area contributed by atoms with Crippen molar-refractivity contribution in [3.05, 3.63) is 47.3 Å². The molecule has 0 spiro atoms. The zero-order valence-electron chi connectivity index (χ0n) is 14.6. The van der Waals surface area contributed by atoms with Crippen molar-refractivity contribution in [2.75, 3.05) is 12.3 Å². The van der Waals surface area contributed by atoms with Crippen molar-refractivity contribution >= 4 is 5.82 Å². The summed E-state index contributed by atoms with van der Waals surface area (Å²) in [7, 11) is 0. The Balaban J connectivity index is 2.22. The van der Waals surface area contributed by atoms with Crippen molar-refractivity contribution < 1.29 is 10.2 Å². The number of aromatic nitrogens is 3. The number of aliphatic hydroxyl groups is 1. The zero-order valence-corrected chi connectivity index (χ0v) is 14.6. The van der Waals surface area contributed by atoms with Crippen molar-refractivity contribution in [2.24, 2.45) is 0 Å². The Morgan fingerprint density at radius 1 is 1.19 bits per heavy atom. The third-order valence-electron chi connectivity index (χ3n) is 4.21. The largest absolute Gasteiger partial charge is 0.508 e. The second kappa shape index (κ2) is 6.86. The minimum Gasteiger partial charge on any atom is -0.508 e. The molecule has 0 amide bonds. The Labute approximate surface area is 151 Å². The number of nitrogen functional groups attached to an aromatic ring is 1. The Bertz CT molecular complexity index is 1020. The van der Waals surface area contributed by atoms with Crippen LogP contribution in [0.1, 0.15) is 16.8 Å². The highest BCUT2D eigenvalue weighted by Gasteiger charge is 2.18. The number of aromatic hydroxyl groups is 1. The van der Waals surface area contributed by atoms with Gasteiger partial charge in [0.25, 0.3) is 0 Å². The third kappa shape index (κ3) is 3.10. The fourth-order valence-corrected chi connectivity index (χ4v) is 2.97. The normalized spacial score (nSPS) is 10.7. The molecule has 0 bridgehead atoms. The second-order valence-electron chi connectivity index (χ2n) is 6.04. The highest BCUT2D eigenvalue weighted by atomic mass is 16.3. The molecule has 0 aliphatic carbocycles. The second-order valence-corrected chi connectivity index (χ2v) is 6.04. The number of nitrogens with zero attached hydrogens (tertiary/aromatic N) is 4. The molecule has 2 aromatic heterocycles. The SMILES string of the molecule is Cc1cc(O)ccc1-c1cc(-c2cn(CCO)nc2C)c(C#N)c(N)n1. The summed E-state index contributed by atoms with van der Waals surface area (Å²) in [5.41, 5.74) is 10.8. The Morgan fingerprint density at radius 3 is 2.62 bits per heavy atom. The number of aryl methyl sites for hydroxylation is 2. The number of nitrogens with two attached hydrogens (primary N) is 1. The summed E-state index contributed by atoms with van der Waals surface area (Å²) in [4.78, 5) is 4.37. The van der Waals surface area contributed by atoms with Gasteiger partial charge in [-0.15, -0.1) is 0 Å². The Kier molecular flexibility index (Phi) is 4.61. The summed E-state index contributed by atoms with van der Waals surface area (Å²) in [5, 5.41) is 32.7. The minimum absolute atomic E-state index is 0.0257. The van der Waals surface area contributed by atoms with E-state index in [0.29, 0.717) is 17.8 Å². The first-order chi connectivity index (χ1) is 12.4. The van der Waals surface area contributed by atoms with Gasteiger partial charge in [0.2, 0.25) is 0 Å². The number of anilines is 1. The summed E-state index contributed by atoms with van der Waals surface area (Å²) >= 11 is 0. The molecule has 132 valence electrons. The molecule has 7 heteroatoms. The van der Waals surface area contributed by atoms with Gasteiger partial charge in [-0.1, -0.05) is 0 Å². The van der Waals surface area contributed by atoms with E-state index in [4.69, 9.17) is 10.8 Å². The summed E-state index contributed by atoms with van der Waals surface area (Å²) < 4.78 is 1.63. The van der Waals surface area contributed by atoms with Gasteiger partial charge in [0.1, 0.15) is 23.2 Å². The lowest BCUT2D eigenvalue weighted by molar-refractivity contribution is 0.269. The van der Waals surface area contributed by atoms with Crippen LogP contribution in [-0.4, -0.2) is 31.6 Å². The van der Waals surface area contributed by atoms with Crippen molar-refractivity contribution in [3.8, 4) is 34.2 Å². The van der Waals surface area contributed by atoms with E-state index < -0.39 is 0 Å². The number of nitriles is 1. The van der Waals surface area contributed by atoms with E-state index in [1.807, 2.05) is 19.9 Å². The molecule has 0 saturated heterocycles. The molecule has 0 aliphatic heterocycles. The molecule has 3 rings (SSSR count). The van der Waals surface area contributed by atoms with Crippen molar-refractivity contribution in [1.82, 2.24) is 14.8 Å². The number of hydrogen-bond donors (Lipinski definition) is 3. The molecule has 0 aliphatic rings. The van der Waals surface area contributed by atoms with Crippen LogP contribution in [0.15, 0.2) is 30.5 Å². The predicted molar refractivity (Wildman–Crippen MR) is 98.2 cm³/mol. The maximum Gasteiger partial charge on any atom is 0.142 e. The van der Waals surface area contributed by atoms with Gasteiger partial charge in [-0.3, -0.25) is 4.68 Å². The van der Waals surface area contributed by atoms with Gasteiger partial charge < -0.3 is 15.9 Å². The molecule has 0 radical (unpaired) electrons. The van der Waals surface area contributed by atoms with Gasteiger partial charge in [-0.2, -0.15) is 10.4 Å². The first-order valence-electron chi connectivity index (χ1n) is 8.10. The number of rotatable bonds is 4. The summed E-state index contributed by atoms with van der Waals surface area (Å²) in [6, 6.07) is 8.93. The van der Waals surface area contributed by atoms with Crippen molar-refractivity contribution in [3.63, 3.8) is 0 Å². The van der Waals surface area contributed by atoms with Crippen LogP contribution in [0, 0.1) is 25.2 Å². The summed E-state index contributed by atoms with van der Waals surface area (Å²) in [6.45, 7) is 4.05. The molecule has 0 fully saturated rings. The van der Waals surface area contributed by atoms with Crippen molar-refractivity contribution in [1.29, 1.82) is 5.26 Å². The van der Waals surface area contributed by atoms with Crippen LogP contribution in [0.5, 0.6) is 5.75 Å². The maximum atomic E-state index is 9.62. The fourth-order valence-electron chi connectivity index (χ4n) is 2.97. The van der Waals surface area contributed by atoms with Crippen LogP contribution in [0.25, 0.3) is 22.4 Å². The molecule has 0 unspecified atom stereocenters. The van der Waals surface area contributed by atoms with Crippen LogP contribution in [0.4, 0.5) is 5.82 Å². The lowest BCUT2D eigenvalue weighted by Gasteiger charge is -2.11. The molecule has 3 aromatic rings. The first kappa shape index (κ1) is 17.5.